The van der Waals surface area contributed by atoms with Gasteiger partial charge in [0.25, 0.3) is 0 Å². The van der Waals surface area contributed by atoms with Crippen molar-refractivity contribution in [1.29, 1.82) is 0 Å². The van der Waals surface area contributed by atoms with Crippen molar-refractivity contribution in [2.75, 3.05) is 0 Å². The first kappa shape index (κ1) is 7.12. The van der Waals surface area contributed by atoms with Gasteiger partial charge >= 0.3 is 0 Å². The molecule has 0 aromatic rings. The van der Waals surface area contributed by atoms with E-state index in [0.29, 0.717) is 5.92 Å². The minimum absolute atomic E-state index is 0.210. The van der Waals surface area contributed by atoms with Crippen LogP contribution in [0.15, 0.2) is 15.3 Å². The summed E-state index contributed by atoms with van der Waals surface area (Å²) in [5.41, 5.74) is 0. The zero-order chi connectivity index (χ0) is 6.53. The molecule has 0 N–H and O–H groups in total. The molecule has 0 radical (unpaired) electrons. The lowest BCUT2D eigenvalue weighted by Gasteiger charge is -1.96. The van der Waals surface area contributed by atoms with Gasteiger partial charge in [0, 0.05) is 18.3 Å². The van der Waals surface area contributed by atoms with Crippen LogP contribution >= 0.6 is 20.7 Å². The quantitative estimate of drug-likeness (QED) is 0.618. The molecule has 0 saturated carbocycles. The lowest BCUT2D eigenvalue weighted by molar-refractivity contribution is 0.898. The van der Waals surface area contributed by atoms with Crippen molar-refractivity contribution in [3.8, 4) is 0 Å². The summed E-state index contributed by atoms with van der Waals surface area (Å²) in [4.78, 5) is 4.11. The molecule has 0 aliphatic carbocycles. The van der Waals surface area contributed by atoms with Crippen molar-refractivity contribution >= 4 is 31.0 Å². The Morgan fingerprint density at radius 1 is 1.67 bits per heavy atom. The molecule has 0 aromatic heterocycles. The molecule has 2 heteroatoms. The van der Waals surface area contributed by atoms with E-state index in [2.05, 4.69) is 20.0 Å². The van der Waals surface area contributed by atoms with Crippen LogP contribution in [0.5, 0.6) is 0 Å². The molecule has 1 aliphatic rings. The Balaban J connectivity index is 2.58. The molecule has 1 nitrogen and oxygen atoms in total. The van der Waals surface area contributed by atoms with Crippen molar-refractivity contribution in [2.45, 2.75) is 13.3 Å². The molecule has 1 heterocycles. The fourth-order valence-electron chi connectivity index (χ4n) is 0.588. The Morgan fingerprint density at radius 3 is 3.33 bits per heavy atom. The van der Waals surface area contributed by atoms with Crippen LogP contribution in [0.4, 0.5) is 0 Å². The number of aliphatic imine (C=N–C) groups is 1. The van der Waals surface area contributed by atoms with Gasteiger partial charge in [-0.3, -0.25) is 4.99 Å². The van der Waals surface area contributed by atoms with Crippen molar-refractivity contribution in [3.05, 3.63) is 10.3 Å². The zero-order valence-electron chi connectivity index (χ0n) is 5.42. The van der Waals surface area contributed by atoms with Crippen LogP contribution in [0.3, 0.4) is 0 Å². The monoisotopic (exact) mass is 235 g/mol. The Hall–Kier alpha value is 0.01000. The summed E-state index contributed by atoms with van der Waals surface area (Å²) < 4.78 is 4.58. The number of hydrogen-bond acceptors (Lipinski definition) is 1. The van der Waals surface area contributed by atoms with Crippen LogP contribution < -0.4 is 0 Å². The molecule has 1 aliphatic heterocycles. The summed E-state index contributed by atoms with van der Waals surface area (Å²) in [6, 6.07) is 0. The van der Waals surface area contributed by atoms with Gasteiger partial charge in [-0.1, -0.05) is 27.7 Å². The van der Waals surface area contributed by atoms with E-state index in [1.54, 1.807) is 0 Å². The number of halogens is 1. The van der Waals surface area contributed by atoms with Gasteiger partial charge in [0.15, 0.2) is 0 Å². The smallest absolute Gasteiger partial charge is 0.0320 e. The predicted molar refractivity (Wildman–Crippen MR) is 51.5 cm³/mol. The first-order valence-electron chi connectivity index (χ1n) is 3.07. The van der Waals surface area contributed by atoms with Crippen molar-refractivity contribution in [1.82, 2.24) is 0 Å². The average molecular weight is 235 g/mol. The van der Waals surface area contributed by atoms with Crippen molar-refractivity contribution < 1.29 is 0 Å². The van der Waals surface area contributed by atoms with Gasteiger partial charge in [-0.15, -0.1) is 0 Å². The van der Waals surface area contributed by atoms with Gasteiger partial charge in [0.1, 0.15) is 0 Å². The minimum Gasteiger partial charge on any atom is -0.268 e. The molecule has 1 atom stereocenters. The highest BCUT2D eigenvalue weighted by Crippen LogP contribution is 2.07. The summed E-state index contributed by atoms with van der Waals surface area (Å²) in [6.45, 7) is 2.20. The molecule has 0 spiro atoms. The molecular weight excluding hydrogens is 225 g/mol. The lowest BCUT2D eigenvalue weighted by atomic mass is 10.1. The first-order valence-corrected chi connectivity index (χ1v) is 5.56. The van der Waals surface area contributed by atoms with Gasteiger partial charge in [-0.25, -0.2) is 0 Å². The van der Waals surface area contributed by atoms with Crippen LogP contribution in [0.25, 0.3) is 0 Å². The number of nitrogens with zero attached hydrogens (tertiary/aromatic N) is 1. The van der Waals surface area contributed by atoms with E-state index >= 15 is 0 Å². The summed E-state index contributed by atoms with van der Waals surface area (Å²) in [7, 11) is 0. The van der Waals surface area contributed by atoms with Gasteiger partial charge in [-0.05, 0) is 14.5 Å². The third-order valence-electron chi connectivity index (χ3n) is 1.20. The van der Waals surface area contributed by atoms with Crippen LogP contribution in [0, 0.1) is 5.92 Å². The topological polar surface area (TPSA) is 12.4 Å². The van der Waals surface area contributed by atoms with Gasteiger partial charge in [-0.2, -0.15) is 0 Å². The van der Waals surface area contributed by atoms with Gasteiger partial charge in [0.05, 0.1) is 0 Å². The fourth-order valence-corrected chi connectivity index (χ4v) is 2.43. The molecule has 0 aromatic carbocycles. The third-order valence-corrected chi connectivity index (χ3v) is 3.27. The van der Waals surface area contributed by atoms with Crippen LogP contribution in [0.1, 0.15) is 13.3 Å². The lowest BCUT2D eigenvalue weighted by Crippen LogP contribution is -1.98. The Kier molecular flexibility index (Phi) is 3.11. The molecule has 0 amide bonds. The summed E-state index contributed by atoms with van der Waals surface area (Å²) in [5.74, 6) is 0.646. The molecule has 0 fully saturated rings. The van der Waals surface area contributed by atoms with E-state index in [4.69, 9.17) is 0 Å². The van der Waals surface area contributed by atoms with Crippen LogP contribution in [-0.4, -0.2) is 10.2 Å². The van der Waals surface area contributed by atoms with E-state index in [1.807, 2.05) is 12.4 Å². The molecular formula is C7H10IN. The van der Waals surface area contributed by atoms with Crippen LogP contribution in [-0.2, 0) is 0 Å². The summed E-state index contributed by atoms with van der Waals surface area (Å²) in [5, 5.41) is 0. The van der Waals surface area contributed by atoms with E-state index in [-0.39, 0.29) is 20.7 Å². The minimum atomic E-state index is 0.210. The second-order valence-corrected chi connectivity index (χ2v) is 4.05. The van der Waals surface area contributed by atoms with E-state index in [9.17, 15) is 0 Å². The molecule has 1 rings (SSSR count). The maximum absolute atomic E-state index is 4.11. The third kappa shape index (κ3) is 2.39. The maximum atomic E-state index is 4.11. The summed E-state index contributed by atoms with van der Waals surface area (Å²) >= 11 is 0.210. The fraction of sp³-hybridized carbons (Fsp3) is 0.429. The van der Waals surface area contributed by atoms with Gasteiger partial charge < -0.3 is 0 Å². The summed E-state index contributed by atoms with van der Waals surface area (Å²) in [6.07, 6.45) is 5.15. The second-order valence-electron chi connectivity index (χ2n) is 1.90. The molecule has 0 bridgehead atoms. The largest absolute Gasteiger partial charge is 0.268 e. The Labute approximate surface area is 65.6 Å². The van der Waals surface area contributed by atoms with Crippen molar-refractivity contribution in [3.63, 3.8) is 0 Å². The Morgan fingerprint density at radius 2 is 2.56 bits per heavy atom. The highest BCUT2D eigenvalue weighted by atomic mass is 127. The zero-order valence-corrected chi connectivity index (χ0v) is 7.58. The highest BCUT2D eigenvalue weighted by molar-refractivity contribution is 14.2. The van der Waals surface area contributed by atoms with Crippen LogP contribution in [0.2, 0.25) is 0 Å². The first-order chi connectivity index (χ1) is 4.43. The average Bonchev–Trinajstić information content (AvgIpc) is 2.13. The molecule has 9 heavy (non-hydrogen) atoms. The van der Waals surface area contributed by atoms with Crippen molar-refractivity contribution in [2.24, 2.45) is 10.9 Å². The maximum Gasteiger partial charge on any atom is 0.0320 e. The number of hydrogen-bond donors (Lipinski definition) is 0. The molecule has 0 saturated heterocycles. The highest BCUT2D eigenvalue weighted by Gasteiger charge is 1.95. The SMILES string of the molecule is CCC1C=NC=CI=C1. The number of rotatable bonds is 1. The van der Waals surface area contributed by atoms with E-state index in [1.165, 1.54) is 6.42 Å². The normalized spacial score (nSPS) is 25.2. The van der Waals surface area contributed by atoms with E-state index < -0.39 is 0 Å². The Bertz CT molecular complexity index is 142. The van der Waals surface area contributed by atoms with E-state index in [0.717, 1.165) is 0 Å². The predicted octanol–water partition coefficient (Wildman–Crippen LogP) is 2.34. The molecule has 50 valence electrons. The molecule has 1 unspecified atom stereocenters. The standard InChI is InChI=1S/C7H10IN/c1-2-7-5-8-3-4-9-6-7/h3-7H,2H2,1H3. The van der Waals surface area contributed by atoms with Gasteiger partial charge in [0.2, 0.25) is 0 Å². The second kappa shape index (κ2) is 3.93.